The average Bonchev–Trinajstić information content (AvgIpc) is 2.04. The fraction of sp³-hybridized carbons (Fsp3) is 0.800. The van der Waals surface area contributed by atoms with Gasteiger partial charge in [0.1, 0.15) is 0 Å². The largest absolute Gasteiger partial charge is 0.173 e. The van der Waals surface area contributed by atoms with Gasteiger partial charge in [-0.1, -0.05) is 61.8 Å². The minimum Gasteiger partial charge on any atom is -0.103 e. The maximum absolute atomic E-state index is 5.67. The van der Waals surface area contributed by atoms with Crippen molar-refractivity contribution in [3.05, 3.63) is 11.5 Å². The van der Waals surface area contributed by atoms with Gasteiger partial charge in [0.05, 0.1) is 0 Å². The predicted octanol–water partition coefficient (Wildman–Crippen LogP) is 3.88. The van der Waals surface area contributed by atoms with E-state index in [1.54, 1.807) is 5.54 Å². The van der Waals surface area contributed by atoms with Gasteiger partial charge in [-0.05, 0) is 5.54 Å². The van der Waals surface area contributed by atoms with Crippen LogP contribution in [-0.2, 0) is 0 Å². The van der Waals surface area contributed by atoms with Crippen molar-refractivity contribution in [3.8, 4) is 0 Å². The van der Waals surface area contributed by atoms with Gasteiger partial charge in [-0.2, -0.15) is 0 Å². The van der Waals surface area contributed by atoms with Crippen molar-refractivity contribution in [2.75, 3.05) is 0 Å². The third-order valence-corrected chi connectivity index (χ3v) is 3.83. The van der Waals surface area contributed by atoms with E-state index in [-0.39, 0.29) is 0 Å². The molecule has 0 aliphatic carbocycles. The van der Waals surface area contributed by atoms with Crippen molar-refractivity contribution >= 4 is 18.3 Å². The summed E-state index contributed by atoms with van der Waals surface area (Å²) >= 11 is 5.67. The Morgan fingerprint density at radius 2 is 1.50 bits per heavy atom. The van der Waals surface area contributed by atoms with Crippen LogP contribution in [0, 0.1) is 0 Å². The average molecular weight is 183 g/mol. The molecule has 0 spiro atoms. The molecule has 2 saturated heterocycles. The highest BCUT2D eigenvalue weighted by Gasteiger charge is 2.36. The van der Waals surface area contributed by atoms with Crippen molar-refractivity contribution in [2.24, 2.45) is 0 Å². The molecule has 0 amide bonds. The van der Waals surface area contributed by atoms with E-state index in [9.17, 15) is 0 Å². The first kappa shape index (κ1) is 8.68. The molecule has 0 unspecified atom stereocenters. The zero-order chi connectivity index (χ0) is 8.39. The van der Waals surface area contributed by atoms with Crippen LogP contribution < -0.4 is 0 Å². The quantitative estimate of drug-likeness (QED) is 0.540. The molecule has 66 valence electrons. The topological polar surface area (TPSA) is 0 Å². The summed E-state index contributed by atoms with van der Waals surface area (Å²) in [5.41, 5.74) is 1.74. The van der Waals surface area contributed by atoms with Gasteiger partial charge in [0.15, 0.2) is 6.71 Å². The summed E-state index contributed by atoms with van der Waals surface area (Å²) in [4.78, 5) is 0. The van der Waals surface area contributed by atoms with Crippen LogP contribution in [0.3, 0.4) is 0 Å². The van der Waals surface area contributed by atoms with E-state index in [0.29, 0.717) is 0 Å². The van der Waals surface area contributed by atoms with Crippen molar-refractivity contribution in [1.29, 1.82) is 0 Å². The minimum atomic E-state index is 0.824. The molecule has 2 aliphatic heterocycles. The van der Waals surface area contributed by atoms with Crippen LogP contribution in [0.5, 0.6) is 0 Å². The Labute approximate surface area is 80.4 Å². The molecule has 0 radical (unpaired) electrons. The molecule has 0 aromatic carbocycles. The summed E-state index contributed by atoms with van der Waals surface area (Å²) in [5.74, 6) is 4.18. The van der Waals surface area contributed by atoms with Gasteiger partial charge < -0.3 is 0 Å². The van der Waals surface area contributed by atoms with E-state index in [1.165, 1.54) is 38.5 Å². The molecule has 0 saturated carbocycles. The van der Waals surface area contributed by atoms with Crippen LogP contribution in [0.4, 0.5) is 0 Å². The molecule has 12 heavy (non-hydrogen) atoms. The van der Waals surface area contributed by atoms with Gasteiger partial charge in [0, 0.05) is 0 Å². The highest BCUT2D eigenvalue weighted by molar-refractivity contribution is 6.68. The highest BCUT2D eigenvalue weighted by Crippen LogP contribution is 2.46. The van der Waals surface area contributed by atoms with Crippen molar-refractivity contribution < 1.29 is 0 Å². The van der Waals surface area contributed by atoms with Gasteiger partial charge >= 0.3 is 0 Å². The molecule has 2 heterocycles. The summed E-state index contributed by atoms with van der Waals surface area (Å²) in [7, 11) is 0. The normalized spacial score (nSPS) is 35.9. The first-order chi connectivity index (χ1) is 5.92. The van der Waals surface area contributed by atoms with E-state index in [0.717, 1.165) is 18.3 Å². The van der Waals surface area contributed by atoms with E-state index in [1.807, 2.05) is 0 Å². The molecule has 2 aliphatic rings. The molecule has 2 fully saturated rings. The molecular weight excluding hydrogens is 166 g/mol. The van der Waals surface area contributed by atoms with Crippen molar-refractivity contribution in [2.45, 2.75) is 50.2 Å². The Balaban J connectivity index is 2.08. The Kier molecular flexibility index (Phi) is 2.80. The van der Waals surface area contributed by atoms with Crippen molar-refractivity contribution in [3.63, 3.8) is 0 Å². The third-order valence-electron chi connectivity index (χ3n) is 3.68. The molecule has 0 atom stereocenters. The summed E-state index contributed by atoms with van der Waals surface area (Å²) in [6, 6.07) is 0. The third kappa shape index (κ3) is 1.57. The Morgan fingerprint density at radius 1 is 1.00 bits per heavy atom. The zero-order valence-electron chi connectivity index (χ0n) is 7.51. The molecule has 2 heteroatoms. The summed E-state index contributed by atoms with van der Waals surface area (Å²) in [6.45, 7) is 0.824. The lowest BCUT2D eigenvalue weighted by Gasteiger charge is -2.38. The van der Waals surface area contributed by atoms with Crippen LogP contribution in [0.15, 0.2) is 11.5 Å². The first-order valence-electron chi connectivity index (χ1n) is 5.18. The van der Waals surface area contributed by atoms with Crippen LogP contribution in [0.2, 0.25) is 11.6 Å². The van der Waals surface area contributed by atoms with Gasteiger partial charge in [-0.15, -0.1) is 5.98 Å². The van der Waals surface area contributed by atoms with E-state index < -0.39 is 0 Å². The lowest BCUT2D eigenvalue weighted by atomic mass is 9.27. The zero-order valence-corrected chi connectivity index (χ0v) is 8.26. The number of fused-ring (bicyclic) bond motifs is 2. The van der Waals surface area contributed by atoms with Crippen LogP contribution in [0.1, 0.15) is 38.5 Å². The summed E-state index contributed by atoms with van der Waals surface area (Å²) in [6.07, 6.45) is 8.71. The molecule has 0 aromatic heterocycles. The number of halogens is 1. The molecule has 2 rings (SSSR count). The van der Waals surface area contributed by atoms with Gasteiger partial charge in [0.25, 0.3) is 0 Å². The van der Waals surface area contributed by atoms with Crippen LogP contribution >= 0.6 is 11.6 Å². The van der Waals surface area contributed by atoms with Crippen molar-refractivity contribution in [1.82, 2.24) is 0 Å². The fourth-order valence-corrected chi connectivity index (χ4v) is 3.29. The summed E-state index contributed by atoms with van der Waals surface area (Å²) < 4.78 is 0. The maximum Gasteiger partial charge on any atom is 0.173 e. The van der Waals surface area contributed by atoms with Gasteiger partial charge in [-0.25, -0.2) is 0 Å². The van der Waals surface area contributed by atoms with Crippen LogP contribution in [-0.4, -0.2) is 6.71 Å². The lowest BCUT2D eigenvalue weighted by Crippen LogP contribution is -2.32. The summed E-state index contributed by atoms with van der Waals surface area (Å²) in [5, 5.41) is 0. The second-order valence-electron chi connectivity index (χ2n) is 4.28. The van der Waals surface area contributed by atoms with Gasteiger partial charge in [-0.3, -0.25) is 0 Å². The second-order valence-corrected chi connectivity index (χ2v) is 4.53. The van der Waals surface area contributed by atoms with Gasteiger partial charge in [0.2, 0.25) is 0 Å². The number of hydrogen-bond donors (Lipinski definition) is 0. The standard InChI is InChI=1S/C10H16BCl/c12-8-7-11-9-3-1-4-10(11)6-2-5-9/h7-10H,1-6H2/b8-7-. The molecule has 0 nitrogen and oxygen atoms in total. The smallest absolute Gasteiger partial charge is 0.103 e. The SMILES string of the molecule is Cl/C=C\B1C2CCCC1CCC2. The number of hydrogen-bond acceptors (Lipinski definition) is 0. The molecule has 0 aromatic rings. The monoisotopic (exact) mass is 182 g/mol. The molecule has 0 N–H and O–H groups in total. The Morgan fingerprint density at radius 3 is 1.92 bits per heavy atom. The maximum atomic E-state index is 5.67. The second kappa shape index (κ2) is 3.87. The van der Waals surface area contributed by atoms with E-state index in [2.05, 4.69) is 5.98 Å². The van der Waals surface area contributed by atoms with Crippen LogP contribution in [0.25, 0.3) is 0 Å². The fourth-order valence-electron chi connectivity index (χ4n) is 3.13. The van der Waals surface area contributed by atoms with E-state index in [4.69, 9.17) is 11.6 Å². The minimum absolute atomic E-state index is 0.824. The highest BCUT2D eigenvalue weighted by atomic mass is 35.5. The molecular formula is C10H16BCl. The molecule has 2 bridgehead atoms. The van der Waals surface area contributed by atoms with E-state index >= 15 is 0 Å². The Hall–Kier alpha value is 0.0949. The first-order valence-corrected chi connectivity index (χ1v) is 5.62. The predicted molar refractivity (Wildman–Crippen MR) is 55.9 cm³/mol. The lowest BCUT2D eigenvalue weighted by molar-refractivity contribution is 0.447. The number of rotatable bonds is 1. The Bertz CT molecular complexity index is 157.